The molecule has 0 unspecified atom stereocenters. The first-order valence-electron chi connectivity index (χ1n) is 14.3. The Kier molecular flexibility index (Phi) is 7.94. The van der Waals surface area contributed by atoms with Crippen molar-refractivity contribution in [3.8, 4) is 28.3 Å². The van der Waals surface area contributed by atoms with E-state index in [0.717, 1.165) is 0 Å². The van der Waals surface area contributed by atoms with Crippen LogP contribution in [0.1, 0.15) is 46.3 Å². The number of carbonyl (C=O) groups excluding carboxylic acids is 2. The van der Waals surface area contributed by atoms with E-state index < -0.39 is 39.5 Å². The predicted octanol–water partition coefficient (Wildman–Crippen LogP) is 6.11. The number of halogens is 2. The minimum Gasteiger partial charge on any atom is -0.471 e. The summed E-state index contributed by atoms with van der Waals surface area (Å²) in [5, 5.41) is 2.93. The van der Waals surface area contributed by atoms with E-state index in [1.807, 2.05) is 0 Å². The number of ether oxygens (including phenoxy) is 1. The van der Waals surface area contributed by atoms with Gasteiger partial charge in [0.2, 0.25) is 10.0 Å². The Hall–Kier alpha value is -5.30. The van der Waals surface area contributed by atoms with Crippen LogP contribution in [0.5, 0.6) is 5.75 Å². The van der Waals surface area contributed by atoms with Crippen LogP contribution in [0.2, 0.25) is 0 Å². The summed E-state index contributed by atoms with van der Waals surface area (Å²) < 4.78 is 67.2. The molecule has 1 aliphatic rings. The number of hydrogen-bond donors (Lipinski definition) is 2. The lowest BCUT2D eigenvalue weighted by molar-refractivity contribution is 0.0394. The van der Waals surface area contributed by atoms with E-state index in [0.29, 0.717) is 16.5 Å². The van der Waals surface area contributed by atoms with Gasteiger partial charge in [-0.15, -0.1) is 0 Å². The number of rotatable bonds is 8. The number of amides is 2. The van der Waals surface area contributed by atoms with Crippen LogP contribution < -0.4 is 14.8 Å². The second-order valence-electron chi connectivity index (χ2n) is 10.6. The second kappa shape index (κ2) is 11.9. The molecular formula is C33H28F2N4O6S. The molecule has 3 aromatic carbocycles. The molecule has 0 bridgehead atoms. The van der Waals surface area contributed by atoms with Crippen LogP contribution in [0.25, 0.3) is 33.6 Å². The summed E-state index contributed by atoms with van der Waals surface area (Å²) in [6.45, 7) is 3.20. The summed E-state index contributed by atoms with van der Waals surface area (Å²) >= 11 is 0. The van der Waals surface area contributed by atoms with Crippen LogP contribution in [0.3, 0.4) is 0 Å². The molecule has 10 nitrogen and oxygen atoms in total. The monoisotopic (exact) mass is 646 g/mol. The summed E-state index contributed by atoms with van der Waals surface area (Å²) in [6, 6.07) is 16.9. The van der Waals surface area contributed by atoms with E-state index in [2.05, 4.69) is 15.0 Å². The van der Waals surface area contributed by atoms with Gasteiger partial charge in [-0.05, 0) is 74.0 Å². The van der Waals surface area contributed by atoms with Crippen LogP contribution in [0.4, 0.5) is 14.5 Å². The molecule has 0 fully saturated rings. The lowest BCUT2D eigenvalue weighted by Crippen LogP contribution is -2.41. The van der Waals surface area contributed by atoms with Crippen molar-refractivity contribution in [3.63, 3.8) is 0 Å². The number of carbonyl (C=O) groups is 2. The van der Waals surface area contributed by atoms with E-state index in [1.54, 1.807) is 37.3 Å². The fraction of sp³-hybridized carbons (Fsp3) is 0.182. The molecule has 5 aromatic rings. The molecule has 2 N–H and O–H groups in total. The molecule has 6 rings (SSSR count). The number of furan rings is 1. The molecule has 2 aromatic heterocycles. The number of pyridine rings is 1. The average Bonchev–Trinajstić information content (AvgIpc) is 3.42. The van der Waals surface area contributed by atoms with Crippen LogP contribution in [-0.2, 0) is 10.0 Å². The Bertz CT molecular complexity index is 2100. The van der Waals surface area contributed by atoms with Crippen LogP contribution in [-0.4, -0.2) is 49.6 Å². The third-order valence-electron chi connectivity index (χ3n) is 7.81. The Morgan fingerprint density at radius 3 is 2.35 bits per heavy atom. The maximum absolute atomic E-state index is 13.7. The van der Waals surface area contributed by atoms with Crippen molar-refractivity contribution >= 4 is 38.5 Å². The Labute approximate surface area is 263 Å². The number of aromatic nitrogens is 1. The molecule has 3 heterocycles. The topological polar surface area (TPSA) is 131 Å². The molecule has 236 valence electrons. The van der Waals surface area contributed by atoms with Gasteiger partial charge in [-0.3, -0.25) is 19.2 Å². The molecule has 1 atom stereocenters. The lowest BCUT2D eigenvalue weighted by Gasteiger charge is -2.33. The second-order valence-corrected chi connectivity index (χ2v) is 12.6. The van der Waals surface area contributed by atoms with Gasteiger partial charge >= 0.3 is 0 Å². The van der Waals surface area contributed by atoms with Gasteiger partial charge in [-0.1, -0.05) is 12.1 Å². The van der Waals surface area contributed by atoms with E-state index in [9.17, 15) is 26.8 Å². The first-order chi connectivity index (χ1) is 22.0. The van der Waals surface area contributed by atoms with E-state index in [-0.39, 0.29) is 57.8 Å². The number of nitrogens with one attached hydrogen (secondary N) is 2. The number of anilines is 1. The molecular weight excluding hydrogens is 618 g/mol. The molecule has 46 heavy (non-hydrogen) atoms. The standard InChI is InChI=1S/C33H28F2N4O6S/c1-4-46(42,43)38-26-16-28-24(29(32(40)36-3)31(45-28)20-7-11-22(35)12-8-20)15-23(26)25-13-14-27-30(37-25)33(41)39(17-44-27)18(2)19-5-9-21(34)10-6-19/h5-16,18,38H,4,17H2,1-3H3,(H,36,40)/t18-/m0/s1. The number of fused-ring (bicyclic) bond motifs is 2. The van der Waals surface area contributed by atoms with Crippen molar-refractivity contribution in [1.29, 1.82) is 0 Å². The highest BCUT2D eigenvalue weighted by Gasteiger charge is 2.32. The summed E-state index contributed by atoms with van der Waals surface area (Å²) in [5.41, 5.74) is 2.03. The summed E-state index contributed by atoms with van der Waals surface area (Å²) in [7, 11) is -2.35. The van der Waals surface area contributed by atoms with E-state index in [1.165, 1.54) is 61.3 Å². The zero-order chi connectivity index (χ0) is 32.7. The molecule has 0 saturated carbocycles. The highest BCUT2D eigenvalue weighted by atomic mass is 32.2. The SMILES string of the molecule is CCS(=O)(=O)Nc1cc2oc(-c3ccc(F)cc3)c(C(=O)NC)c2cc1-c1ccc2c(n1)C(=O)N([C@@H](C)c1ccc(F)cc1)CO2. The minimum absolute atomic E-state index is 0.00664. The fourth-order valence-corrected chi connectivity index (χ4v) is 5.89. The average molecular weight is 647 g/mol. The quantitative estimate of drug-likeness (QED) is 0.208. The van der Waals surface area contributed by atoms with Gasteiger partial charge in [0.05, 0.1) is 28.7 Å². The van der Waals surface area contributed by atoms with Crippen LogP contribution >= 0.6 is 0 Å². The first-order valence-corrected chi connectivity index (χ1v) is 15.9. The van der Waals surface area contributed by atoms with Gasteiger partial charge in [0.25, 0.3) is 11.8 Å². The lowest BCUT2D eigenvalue weighted by atomic mass is 10.0. The molecule has 0 radical (unpaired) electrons. The van der Waals surface area contributed by atoms with Crippen molar-refractivity contribution in [2.75, 3.05) is 24.3 Å². The Morgan fingerprint density at radius 1 is 1.02 bits per heavy atom. The van der Waals surface area contributed by atoms with Gasteiger partial charge in [-0.25, -0.2) is 22.2 Å². The van der Waals surface area contributed by atoms with Crippen LogP contribution in [0.15, 0.2) is 77.2 Å². The van der Waals surface area contributed by atoms with Crippen molar-refractivity contribution in [1.82, 2.24) is 15.2 Å². The van der Waals surface area contributed by atoms with Crippen LogP contribution in [0, 0.1) is 11.6 Å². The van der Waals surface area contributed by atoms with E-state index >= 15 is 0 Å². The minimum atomic E-state index is -3.80. The van der Waals surface area contributed by atoms with Gasteiger partial charge in [0, 0.05) is 29.6 Å². The molecule has 13 heteroatoms. The number of hydrogen-bond acceptors (Lipinski definition) is 7. The molecule has 0 spiro atoms. The summed E-state index contributed by atoms with van der Waals surface area (Å²) in [4.78, 5) is 33.0. The molecule has 1 aliphatic heterocycles. The van der Waals surface area contributed by atoms with Gasteiger partial charge in [0.15, 0.2) is 18.2 Å². The normalized spacial score (nSPS) is 13.7. The maximum atomic E-state index is 13.7. The smallest absolute Gasteiger partial charge is 0.279 e. The molecule has 0 aliphatic carbocycles. The van der Waals surface area contributed by atoms with Crippen molar-refractivity contribution in [3.05, 3.63) is 101 Å². The highest BCUT2D eigenvalue weighted by molar-refractivity contribution is 7.92. The van der Waals surface area contributed by atoms with E-state index in [4.69, 9.17) is 9.15 Å². The summed E-state index contributed by atoms with van der Waals surface area (Å²) in [6.07, 6.45) is 0. The van der Waals surface area contributed by atoms with Gasteiger partial charge in [-0.2, -0.15) is 0 Å². The van der Waals surface area contributed by atoms with Crippen molar-refractivity contribution < 1.29 is 35.9 Å². The first kappa shape index (κ1) is 30.7. The Morgan fingerprint density at radius 2 is 1.70 bits per heavy atom. The predicted molar refractivity (Wildman–Crippen MR) is 168 cm³/mol. The highest BCUT2D eigenvalue weighted by Crippen LogP contribution is 2.41. The molecule has 2 amide bonds. The number of benzene rings is 3. The van der Waals surface area contributed by atoms with Gasteiger partial charge in [0.1, 0.15) is 23.0 Å². The third-order valence-corrected chi connectivity index (χ3v) is 9.10. The van der Waals surface area contributed by atoms with Gasteiger partial charge < -0.3 is 14.5 Å². The number of nitrogens with zero attached hydrogens (tertiary/aromatic N) is 2. The molecule has 0 saturated heterocycles. The number of sulfonamides is 1. The fourth-order valence-electron chi connectivity index (χ4n) is 5.24. The largest absolute Gasteiger partial charge is 0.471 e. The maximum Gasteiger partial charge on any atom is 0.279 e. The summed E-state index contributed by atoms with van der Waals surface area (Å²) in [5.74, 6) is -1.63. The Balaban J connectivity index is 1.50. The zero-order valence-electron chi connectivity index (χ0n) is 24.9. The third kappa shape index (κ3) is 5.65. The zero-order valence-corrected chi connectivity index (χ0v) is 25.7. The van der Waals surface area contributed by atoms with Crippen molar-refractivity contribution in [2.24, 2.45) is 0 Å². The van der Waals surface area contributed by atoms with Crippen molar-refractivity contribution in [2.45, 2.75) is 19.9 Å².